The largest absolute Gasteiger partial charge is 0.0623 e. The molecule has 0 aliphatic heterocycles. The molecule has 72 valence electrons. The summed E-state index contributed by atoms with van der Waals surface area (Å²) in [4.78, 5) is 0. The van der Waals surface area contributed by atoms with E-state index in [2.05, 4.69) is 41.5 Å². The molecular formula is C12H24. The topological polar surface area (TPSA) is 0 Å². The van der Waals surface area contributed by atoms with Crippen LogP contribution in [-0.4, -0.2) is 0 Å². The molecule has 0 saturated heterocycles. The molecule has 0 radical (unpaired) electrons. The highest BCUT2D eigenvalue weighted by Gasteiger charge is 2.47. The quantitative estimate of drug-likeness (QED) is 0.595. The van der Waals surface area contributed by atoms with E-state index in [9.17, 15) is 0 Å². The van der Waals surface area contributed by atoms with Crippen molar-refractivity contribution in [3.63, 3.8) is 0 Å². The Hall–Kier alpha value is 0. The van der Waals surface area contributed by atoms with Crippen molar-refractivity contribution in [3.8, 4) is 0 Å². The Morgan fingerprint density at radius 3 is 2.00 bits per heavy atom. The summed E-state index contributed by atoms with van der Waals surface area (Å²) < 4.78 is 0. The van der Waals surface area contributed by atoms with Gasteiger partial charge in [0.1, 0.15) is 0 Å². The molecule has 1 unspecified atom stereocenters. The third-order valence-electron chi connectivity index (χ3n) is 4.05. The number of rotatable bonds is 3. The van der Waals surface area contributed by atoms with E-state index in [-0.39, 0.29) is 0 Å². The standard InChI is InChI=1S/C12H24/c1-9(2)11(3,4)7-10-8-12(10,5)6/h9-10H,7-8H2,1-6H3. The van der Waals surface area contributed by atoms with Gasteiger partial charge in [0, 0.05) is 0 Å². The lowest BCUT2D eigenvalue weighted by Crippen LogP contribution is -2.20. The normalized spacial score (nSPS) is 27.8. The van der Waals surface area contributed by atoms with Gasteiger partial charge in [-0.25, -0.2) is 0 Å². The average molecular weight is 168 g/mol. The zero-order valence-corrected chi connectivity index (χ0v) is 9.57. The van der Waals surface area contributed by atoms with Gasteiger partial charge in [0.15, 0.2) is 0 Å². The second-order valence-electron chi connectivity index (χ2n) is 6.24. The molecule has 0 aromatic carbocycles. The highest BCUT2D eigenvalue weighted by atomic mass is 14.5. The van der Waals surface area contributed by atoms with E-state index < -0.39 is 0 Å². The summed E-state index contributed by atoms with van der Waals surface area (Å²) in [5.41, 5.74) is 1.20. The van der Waals surface area contributed by atoms with Gasteiger partial charge in [-0.05, 0) is 35.5 Å². The molecule has 1 aliphatic rings. The maximum atomic E-state index is 2.41. The Kier molecular flexibility index (Phi) is 2.31. The van der Waals surface area contributed by atoms with Crippen molar-refractivity contribution in [2.75, 3.05) is 0 Å². The number of hydrogen-bond donors (Lipinski definition) is 0. The molecule has 1 saturated carbocycles. The van der Waals surface area contributed by atoms with Gasteiger partial charge in [-0.3, -0.25) is 0 Å². The molecule has 0 aromatic heterocycles. The van der Waals surface area contributed by atoms with Gasteiger partial charge >= 0.3 is 0 Å². The minimum absolute atomic E-state index is 0.540. The second kappa shape index (κ2) is 2.75. The molecule has 0 spiro atoms. The van der Waals surface area contributed by atoms with Crippen LogP contribution in [0.5, 0.6) is 0 Å². The lowest BCUT2D eigenvalue weighted by Gasteiger charge is -2.30. The molecule has 0 heteroatoms. The van der Waals surface area contributed by atoms with Gasteiger partial charge in [0.05, 0.1) is 0 Å². The van der Waals surface area contributed by atoms with Gasteiger partial charge in [-0.2, -0.15) is 0 Å². The molecule has 12 heavy (non-hydrogen) atoms. The fourth-order valence-corrected chi connectivity index (χ4v) is 1.80. The van der Waals surface area contributed by atoms with Crippen LogP contribution < -0.4 is 0 Å². The minimum atomic E-state index is 0.540. The SMILES string of the molecule is CC(C)C(C)(C)CC1CC1(C)C. The predicted octanol–water partition coefficient (Wildman–Crippen LogP) is 4.10. The second-order valence-corrected chi connectivity index (χ2v) is 6.24. The summed E-state index contributed by atoms with van der Waals surface area (Å²) in [7, 11) is 0. The van der Waals surface area contributed by atoms with Crippen molar-refractivity contribution in [2.45, 2.75) is 54.4 Å². The van der Waals surface area contributed by atoms with Crippen molar-refractivity contribution < 1.29 is 0 Å². The van der Waals surface area contributed by atoms with Crippen molar-refractivity contribution in [1.29, 1.82) is 0 Å². The third kappa shape index (κ3) is 2.02. The Labute approximate surface area is 77.7 Å². The molecule has 0 bridgehead atoms. The van der Waals surface area contributed by atoms with Crippen LogP contribution in [0.25, 0.3) is 0 Å². The van der Waals surface area contributed by atoms with Crippen LogP contribution in [0.2, 0.25) is 0 Å². The first-order valence-electron chi connectivity index (χ1n) is 5.26. The van der Waals surface area contributed by atoms with Crippen LogP contribution in [0.1, 0.15) is 54.4 Å². The third-order valence-corrected chi connectivity index (χ3v) is 4.05. The first kappa shape index (κ1) is 10.1. The zero-order chi connectivity index (χ0) is 9.57. The Morgan fingerprint density at radius 2 is 1.75 bits per heavy atom. The van der Waals surface area contributed by atoms with Gasteiger partial charge in [-0.15, -0.1) is 0 Å². The van der Waals surface area contributed by atoms with Crippen molar-refractivity contribution >= 4 is 0 Å². The summed E-state index contributed by atoms with van der Waals surface area (Å²) in [6.45, 7) is 14.3. The van der Waals surface area contributed by atoms with E-state index in [1.54, 1.807) is 0 Å². The Balaban J connectivity index is 2.42. The van der Waals surface area contributed by atoms with E-state index in [1.165, 1.54) is 12.8 Å². The molecule has 1 aliphatic carbocycles. The summed E-state index contributed by atoms with van der Waals surface area (Å²) in [5, 5.41) is 0. The van der Waals surface area contributed by atoms with Crippen LogP contribution in [-0.2, 0) is 0 Å². The molecular weight excluding hydrogens is 144 g/mol. The smallest absolute Gasteiger partial charge is 0.0323 e. The monoisotopic (exact) mass is 168 g/mol. The Bertz CT molecular complexity index is 163. The molecule has 1 fully saturated rings. The maximum Gasteiger partial charge on any atom is -0.0323 e. The molecule has 0 heterocycles. The maximum absolute atomic E-state index is 2.41. The van der Waals surface area contributed by atoms with E-state index in [1.807, 2.05) is 0 Å². The van der Waals surface area contributed by atoms with Gasteiger partial charge in [-0.1, -0.05) is 41.5 Å². The minimum Gasteiger partial charge on any atom is -0.0623 e. The summed E-state index contributed by atoms with van der Waals surface area (Å²) in [6, 6.07) is 0. The fourth-order valence-electron chi connectivity index (χ4n) is 1.80. The average Bonchev–Trinajstić information content (AvgIpc) is 2.37. The summed E-state index contributed by atoms with van der Waals surface area (Å²) in [6.07, 6.45) is 2.86. The van der Waals surface area contributed by atoms with Crippen LogP contribution in [0, 0.1) is 22.7 Å². The lowest BCUT2D eigenvalue weighted by molar-refractivity contribution is 0.206. The van der Waals surface area contributed by atoms with Crippen LogP contribution in [0.4, 0.5) is 0 Å². The lowest BCUT2D eigenvalue weighted by atomic mass is 9.76. The van der Waals surface area contributed by atoms with E-state index in [0.717, 1.165) is 11.8 Å². The van der Waals surface area contributed by atoms with Gasteiger partial charge < -0.3 is 0 Å². The Morgan fingerprint density at radius 1 is 1.33 bits per heavy atom. The highest BCUT2D eigenvalue weighted by molar-refractivity contribution is 4.97. The summed E-state index contributed by atoms with van der Waals surface area (Å²) >= 11 is 0. The van der Waals surface area contributed by atoms with Crippen LogP contribution in [0.15, 0.2) is 0 Å². The highest BCUT2D eigenvalue weighted by Crippen LogP contribution is 2.57. The van der Waals surface area contributed by atoms with Crippen molar-refractivity contribution in [1.82, 2.24) is 0 Å². The van der Waals surface area contributed by atoms with E-state index >= 15 is 0 Å². The summed E-state index contributed by atoms with van der Waals surface area (Å²) in [5.74, 6) is 1.81. The van der Waals surface area contributed by atoms with Gasteiger partial charge in [0.25, 0.3) is 0 Å². The molecule has 1 rings (SSSR count). The zero-order valence-electron chi connectivity index (χ0n) is 9.57. The first-order chi connectivity index (χ1) is 5.26. The van der Waals surface area contributed by atoms with Crippen LogP contribution in [0.3, 0.4) is 0 Å². The van der Waals surface area contributed by atoms with Crippen molar-refractivity contribution in [3.05, 3.63) is 0 Å². The number of hydrogen-bond acceptors (Lipinski definition) is 0. The first-order valence-corrected chi connectivity index (χ1v) is 5.26. The fraction of sp³-hybridized carbons (Fsp3) is 1.00. The molecule has 0 aromatic rings. The molecule has 1 atom stereocenters. The van der Waals surface area contributed by atoms with Crippen LogP contribution >= 0.6 is 0 Å². The predicted molar refractivity (Wildman–Crippen MR) is 55.1 cm³/mol. The molecule has 0 nitrogen and oxygen atoms in total. The van der Waals surface area contributed by atoms with Gasteiger partial charge in [0.2, 0.25) is 0 Å². The molecule has 0 N–H and O–H groups in total. The van der Waals surface area contributed by atoms with E-state index in [0.29, 0.717) is 10.8 Å². The van der Waals surface area contributed by atoms with E-state index in [4.69, 9.17) is 0 Å². The van der Waals surface area contributed by atoms with Crippen molar-refractivity contribution in [2.24, 2.45) is 22.7 Å². The molecule has 0 amide bonds.